The summed E-state index contributed by atoms with van der Waals surface area (Å²) >= 11 is 0. The number of carbonyl (C=O) groups excluding carboxylic acids is 3. The minimum atomic E-state index is -0.190. The minimum Gasteiger partial charge on any atom is -0.465 e. The Labute approximate surface area is 371 Å². The van der Waals surface area contributed by atoms with Crippen molar-refractivity contribution in [3.8, 4) is 0 Å². The molecule has 4 saturated carbocycles. The average Bonchev–Trinajstić information content (AvgIpc) is 3.21. The zero-order chi connectivity index (χ0) is 43.7. The number of unbranched alkanes of at least 4 members (excludes halogenated alkanes) is 12. The summed E-state index contributed by atoms with van der Waals surface area (Å²) in [6, 6.07) is 0. The van der Waals surface area contributed by atoms with E-state index in [1.165, 1.54) is 116 Å². The van der Waals surface area contributed by atoms with Gasteiger partial charge >= 0.3 is 17.9 Å². The summed E-state index contributed by atoms with van der Waals surface area (Å²) in [7, 11) is 0. The van der Waals surface area contributed by atoms with Crippen molar-refractivity contribution < 1.29 is 28.6 Å². The molecule has 0 unspecified atom stereocenters. The molecule has 4 aliphatic rings. The second-order valence-corrected chi connectivity index (χ2v) is 21.6. The first-order valence-corrected chi connectivity index (χ1v) is 26.4. The van der Waals surface area contributed by atoms with E-state index in [1.807, 2.05) is 0 Å². The first kappa shape index (κ1) is 52.8. The van der Waals surface area contributed by atoms with Crippen molar-refractivity contribution in [2.75, 3.05) is 19.8 Å². The Morgan fingerprint density at radius 3 is 0.767 bits per heavy atom. The van der Waals surface area contributed by atoms with Gasteiger partial charge in [0.15, 0.2) is 0 Å². The van der Waals surface area contributed by atoms with E-state index in [9.17, 15) is 14.4 Å². The molecule has 0 aromatic carbocycles. The fraction of sp³-hybridized carbons (Fsp3) is 0.944. The van der Waals surface area contributed by atoms with Crippen LogP contribution in [0.15, 0.2) is 0 Å². The van der Waals surface area contributed by atoms with Crippen LogP contribution in [0, 0.1) is 39.4 Å². The van der Waals surface area contributed by atoms with Crippen LogP contribution in [0.3, 0.4) is 0 Å². The molecule has 4 bridgehead atoms. The summed E-state index contributed by atoms with van der Waals surface area (Å²) in [6.45, 7) is 17.1. The molecule has 0 heterocycles. The first-order chi connectivity index (χ1) is 29.0. The van der Waals surface area contributed by atoms with Crippen LogP contribution >= 0.6 is 0 Å². The number of rotatable bonds is 37. The Morgan fingerprint density at radius 1 is 0.350 bits per heavy atom. The maximum atomic E-state index is 13.8. The summed E-state index contributed by atoms with van der Waals surface area (Å²) in [4.78, 5) is 41.3. The number of carbonyl (C=O) groups is 3. The molecule has 0 aromatic rings. The zero-order valence-electron chi connectivity index (χ0n) is 40.8. The van der Waals surface area contributed by atoms with E-state index >= 15 is 0 Å². The van der Waals surface area contributed by atoms with Gasteiger partial charge in [-0.15, -0.1) is 0 Å². The van der Waals surface area contributed by atoms with Crippen LogP contribution in [0.2, 0.25) is 0 Å². The predicted molar refractivity (Wildman–Crippen MR) is 250 cm³/mol. The number of esters is 3. The average molecular weight is 843 g/mol. The third-order valence-electron chi connectivity index (χ3n) is 15.5. The van der Waals surface area contributed by atoms with Gasteiger partial charge in [0.2, 0.25) is 0 Å². The maximum Gasteiger partial charge on any atom is 0.306 e. The van der Waals surface area contributed by atoms with Gasteiger partial charge in [0.25, 0.3) is 0 Å². The Kier molecular flexibility index (Phi) is 24.8. The van der Waals surface area contributed by atoms with Crippen molar-refractivity contribution in [1.82, 2.24) is 0 Å². The van der Waals surface area contributed by atoms with Crippen LogP contribution in [0.25, 0.3) is 0 Å². The molecule has 350 valence electrons. The van der Waals surface area contributed by atoms with Crippen molar-refractivity contribution in [3.05, 3.63) is 0 Å². The molecule has 0 aliphatic heterocycles. The minimum absolute atomic E-state index is 0.0374. The smallest absolute Gasteiger partial charge is 0.306 e. The standard InChI is InChI=1S/C54H98O6/c1-8-15-21-27-45(28-22-16-9-2)33-48(55)58-42-52-36-51(14-7)37-53(39-52,43-59-49(56)34-46(29-23-17-10-3)30-24-18-11-4)41-54(38-51,40-52)44-60-50(57)35-47(31-25-19-12-5)32-26-20-13-6/h45-47H,8-44H2,1-7H3. The molecule has 0 spiro atoms. The second-order valence-electron chi connectivity index (χ2n) is 21.6. The van der Waals surface area contributed by atoms with E-state index in [0.29, 0.717) is 56.8 Å². The van der Waals surface area contributed by atoms with Gasteiger partial charge in [-0.3, -0.25) is 14.4 Å². The van der Waals surface area contributed by atoms with Gasteiger partial charge in [-0.2, -0.15) is 0 Å². The molecular weight excluding hydrogens is 745 g/mol. The Balaban J connectivity index is 1.82. The van der Waals surface area contributed by atoms with Crippen molar-refractivity contribution in [2.45, 2.75) is 267 Å². The van der Waals surface area contributed by atoms with Gasteiger partial charge in [0, 0.05) is 35.5 Å². The molecule has 0 N–H and O–H groups in total. The highest BCUT2D eigenvalue weighted by Gasteiger charge is 2.68. The van der Waals surface area contributed by atoms with Crippen LogP contribution in [0.4, 0.5) is 0 Å². The van der Waals surface area contributed by atoms with Crippen molar-refractivity contribution in [1.29, 1.82) is 0 Å². The molecule has 4 aliphatic carbocycles. The maximum absolute atomic E-state index is 13.8. The molecule has 4 fully saturated rings. The lowest BCUT2D eigenvalue weighted by molar-refractivity contribution is -0.241. The predicted octanol–water partition coefficient (Wildman–Crippen LogP) is 15.9. The van der Waals surface area contributed by atoms with Crippen LogP contribution in [-0.2, 0) is 28.6 Å². The third kappa shape index (κ3) is 18.3. The summed E-state index contributed by atoms with van der Waals surface area (Å²) in [5.41, 5.74) is -0.505. The van der Waals surface area contributed by atoms with E-state index in [-0.39, 0.29) is 39.6 Å². The summed E-state index contributed by atoms with van der Waals surface area (Å²) in [5, 5.41) is 0. The van der Waals surface area contributed by atoms with Gasteiger partial charge < -0.3 is 14.2 Å². The van der Waals surface area contributed by atoms with Crippen LogP contribution in [0.5, 0.6) is 0 Å². The Morgan fingerprint density at radius 2 is 0.567 bits per heavy atom. The number of ether oxygens (including phenoxy) is 3. The highest BCUT2D eigenvalue weighted by atomic mass is 16.5. The van der Waals surface area contributed by atoms with Crippen molar-refractivity contribution in [2.24, 2.45) is 39.4 Å². The summed E-state index contributed by atoms with van der Waals surface area (Å²) in [5.74, 6) is 1.07. The van der Waals surface area contributed by atoms with E-state index in [1.54, 1.807) is 0 Å². The number of hydrogen-bond donors (Lipinski definition) is 0. The van der Waals surface area contributed by atoms with Crippen molar-refractivity contribution >= 4 is 17.9 Å². The van der Waals surface area contributed by atoms with E-state index in [0.717, 1.165) is 83.5 Å². The molecule has 0 saturated heterocycles. The lowest BCUT2D eigenvalue weighted by atomic mass is 9.35. The van der Waals surface area contributed by atoms with Crippen LogP contribution < -0.4 is 0 Å². The van der Waals surface area contributed by atoms with Crippen LogP contribution in [-0.4, -0.2) is 37.7 Å². The molecule has 0 radical (unpaired) electrons. The third-order valence-corrected chi connectivity index (χ3v) is 15.5. The molecule has 0 aromatic heterocycles. The van der Waals surface area contributed by atoms with Gasteiger partial charge in [-0.05, 0) is 100 Å². The quantitative estimate of drug-likeness (QED) is 0.0352. The van der Waals surface area contributed by atoms with Gasteiger partial charge in [-0.25, -0.2) is 0 Å². The lowest BCUT2D eigenvalue weighted by Crippen LogP contribution is -2.64. The van der Waals surface area contributed by atoms with Gasteiger partial charge in [0.05, 0.1) is 19.8 Å². The molecular formula is C54H98O6. The molecule has 6 heteroatoms. The highest BCUT2D eigenvalue weighted by Crippen LogP contribution is 2.74. The normalized spacial score (nSPS) is 24.5. The van der Waals surface area contributed by atoms with E-state index < -0.39 is 0 Å². The largest absolute Gasteiger partial charge is 0.465 e. The molecule has 6 nitrogen and oxygen atoms in total. The Hall–Kier alpha value is -1.59. The zero-order valence-corrected chi connectivity index (χ0v) is 40.8. The first-order valence-electron chi connectivity index (χ1n) is 26.4. The van der Waals surface area contributed by atoms with Crippen LogP contribution in [0.1, 0.15) is 267 Å². The van der Waals surface area contributed by atoms with E-state index in [2.05, 4.69) is 48.5 Å². The fourth-order valence-corrected chi connectivity index (χ4v) is 13.1. The monoisotopic (exact) mass is 843 g/mol. The molecule has 60 heavy (non-hydrogen) atoms. The Bertz CT molecular complexity index is 1020. The molecule has 0 atom stereocenters. The molecule has 4 rings (SSSR count). The highest BCUT2D eigenvalue weighted by molar-refractivity contribution is 5.70. The summed E-state index contributed by atoms with van der Waals surface area (Å²) < 4.78 is 19.3. The summed E-state index contributed by atoms with van der Waals surface area (Å²) in [6.07, 6.45) is 36.7. The number of hydrogen-bond acceptors (Lipinski definition) is 6. The fourth-order valence-electron chi connectivity index (χ4n) is 13.1. The lowest BCUT2D eigenvalue weighted by Gasteiger charge is -2.70. The SMILES string of the molecule is CCCCCC(CCCCC)CC(=O)OCC12CC3(CC)CC(COC(=O)CC(CCCCC)CCCCC)(C1)CC(COC(=O)CC(CCCCC)CCCCC)(C3)C2. The van der Waals surface area contributed by atoms with Gasteiger partial charge in [0.1, 0.15) is 0 Å². The van der Waals surface area contributed by atoms with E-state index in [4.69, 9.17) is 14.2 Å². The van der Waals surface area contributed by atoms with Crippen molar-refractivity contribution in [3.63, 3.8) is 0 Å². The topological polar surface area (TPSA) is 78.9 Å². The molecule has 0 amide bonds. The second kappa shape index (κ2) is 28.3. The van der Waals surface area contributed by atoms with Gasteiger partial charge in [-0.1, -0.05) is 170 Å².